The maximum absolute atomic E-state index is 12.1. The Kier molecular flexibility index (Phi) is 5.69. The van der Waals surface area contributed by atoms with Gasteiger partial charge in [0.25, 0.3) is 0 Å². The third-order valence-corrected chi connectivity index (χ3v) is 4.60. The highest BCUT2D eigenvalue weighted by Crippen LogP contribution is 2.12. The Morgan fingerprint density at radius 1 is 1.25 bits per heavy atom. The number of sulfone groups is 1. The Morgan fingerprint density at radius 3 is 2.35 bits per heavy atom. The molecule has 0 aliphatic rings. The Hall–Kier alpha value is -1.89. The molecule has 0 bridgehead atoms. The summed E-state index contributed by atoms with van der Waals surface area (Å²) in [6, 6.07) is 9.95. The van der Waals surface area contributed by atoms with E-state index in [9.17, 15) is 8.42 Å². The molecule has 6 heteroatoms. The molecule has 0 fully saturated rings. The lowest BCUT2D eigenvalue weighted by atomic mass is 10.2. The molecule has 0 aromatic heterocycles. The van der Waals surface area contributed by atoms with Crippen LogP contribution in [0.2, 0.25) is 0 Å². The molecular weight excluding hydrogens is 274 g/mol. The highest BCUT2D eigenvalue weighted by molar-refractivity contribution is 7.91. The summed E-state index contributed by atoms with van der Waals surface area (Å²) < 4.78 is 24.2. The Bertz CT molecular complexity index is 624. The van der Waals surface area contributed by atoms with Crippen LogP contribution >= 0.6 is 0 Å². The minimum Gasteiger partial charge on any atom is -0.304 e. The predicted octanol–water partition coefficient (Wildman–Crippen LogP) is 1.42. The number of nitrogens with zero attached hydrogens (tertiary/aromatic N) is 3. The van der Waals surface area contributed by atoms with Gasteiger partial charge in [0.15, 0.2) is 9.84 Å². The Labute approximate surface area is 120 Å². The zero-order valence-corrected chi connectivity index (χ0v) is 12.4. The first kappa shape index (κ1) is 16.2. The molecule has 0 aliphatic carbocycles. The van der Waals surface area contributed by atoms with Crippen LogP contribution in [0.15, 0.2) is 29.2 Å². The second-order valence-corrected chi connectivity index (χ2v) is 6.86. The van der Waals surface area contributed by atoms with Crippen molar-refractivity contribution in [2.24, 2.45) is 5.92 Å². The molecule has 1 atom stereocenters. The van der Waals surface area contributed by atoms with Crippen molar-refractivity contribution in [2.75, 3.05) is 25.9 Å². The highest BCUT2D eigenvalue weighted by atomic mass is 32.2. The molecule has 0 amide bonds. The van der Waals surface area contributed by atoms with Crippen LogP contribution in [0.3, 0.4) is 0 Å². The first-order valence-corrected chi connectivity index (χ1v) is 7.85. The third kappa shape index (κ3) is 4.65. The van der Waals surface area contributed by atoms with E-state index in [2.05, 4.69) is 6.07 Å². The average Bonchev–Trinajstić information content (AvgIpc) is 2.45. The molecule has 1 unspecified atom stereocenters. The van der Waals surface area contributed by atoms with E-state index in [-0.39, 0.29) is 16.6 Å². The van der Waals surface area contributed by atoms with Crippen LogP contribution in [0.4, 0.5) is 0 Å². The minimum absolute atomic E-state index is 0.00640. The van der Waals surface area contributed by atoms with Crippen molar-refractivity contribution < 1.29 is 8.42 Å². The zero-order chi connectivity index (χ0) is 15.2. The van der Waals surface area contributed by atoms with Gasteiger partial charge in [-0.25, -0.2) is 8.42 Å². The van der Waals surface area contributed by atoms with Crippen molar-refractivity contribution >= 4 is 9.84 Å². The Balaban J connectivity index is 2.66. The van der Waals surface area contributed by atoms with E-state index in [0.717, 1.165) is 0 Å². The summed E-state index contributed by atoms with van der Waals surface area (Å²) >= 11 is 0. The minimum atomic E-state index is -3.36. The van der Waals surface area contributed by atoms with Gasteiger partial charge in [0, 0.05) is 13.1 Å². The Morgan fingerprint density at radius 2 is 1.85 bits per heavy atom. The van der Waals surface area contributed by atoms with Gasteiger partial charge in [0.2, 0.25) is 0 Å². The van der Waals surface area contributed by atoms with Crippen molar-refractivity contribution in [1.29, 1.82) is 10.5 Å². The molecule has 0 radical (unpaired) electrons. The number of nitriles is 2. The van der Waals surface area contributed by atoms with E-state index in [1.165, 1.54) is 24.3 Å². The molecular formula is C14H17N3O2S. The van der Waals surface area contributed by atoms with Gasteiger partial charge in [-0.3, -0.25) is 0 Å². The van der Waals surface area contributed by atoms with Crippen LogP contribution in [0.1, 0.15) is 12.5 Å². The molecule has 0 aliphatic heterocycles. The van der Waals surface area contributed by atoms with Crippen molar-refractivity contribution in [2.45, 2.75) is 11.8 Å². The molecule has 1 aromatic carbocycles. The summed E-state index contributed by atoms with van der Waals surface area (Å²) in [5, 5.41) is 17.4. The number of hydrogen-bond donors (Lipinski definition) is 0. The second-order valence-electron chi connectivity index (χ2n) is 4.75. The maximum atomic E-state index is 12.1. The number of rotatable bonds is 6. The molecule has 0 N–H and O–H groups in total. The topological polar surface area (TPSA) is 85.0 Å². The van der Waals surface area contributed by atoms with Gasteiger partial charge in [-0.15, -0.1) is 0 Å². The van der Waals surface area contributed by atoms with E-state index in [1.54, 1.807) is 14.0 Å². The normalized spacial score (nSPS) is 12.7. The zero-order valence-electron chi connectivity index (χ0n) is 11.6. The molecule has 1 aromatic rings. The predicted molar refractivity (Wildman–Crippen MR) is 75.5 cm³/mol. The molecule has 106 valence electrons. The van der Waals surface area contributed by atoms with E-state index < -0.39 is 9.84 Å². The van der Waals surface area contributed by atoms with Crippen molar-refractivity contribution in [3.8, 4) is 12.1 Å². The fourth-order valence-electron chi connectivity index (χ4n) is 1.73. The quantitative estimate of drug-likeness (QED) is 0.791. The molecule has 0 saturated carbocycles. The summed E-state index contributed by atoms with van der Waals surface area (Å²) in [4.78, 5) is 2.05. The van der Waals surface area contributed by atoms with Crippen LogP contribution in [-0.4, -0.2) is 39.2 Å². The van der Waals surface area contributed by atoms with Gasteiger partial charge in [0.1, 0.15) is 0 Å². The summed E-state index contributed by atoms with van der Waals surface area (Å²) in [5.74, 6) is -0.134. The molecule has 20 heavy (non-hydrogen) atoms. The first-order valence-electron chi connectivity index (χ1n) is 6.20. The third-order valence-electron chi connectivity index (χ3n) is 2.89. The monoisotopic (exact) mass is 291 g/mol. The van der Waals surface area contributed by atoms with Gasteiger partial charge < -0.3 is 4.90 Å². The average molecular weight is 291 g/mol. The lowest BCUT2D eigenvalue weighted by Gasteiger charge is -2.17. The van der Waals surface area contributed by atoms with Gasteiger partial charge >= 0.3 is 0 Å². The molecule has 0 saturated heterocycles. The van der Waals surface area contributed by atoms with E-state index in [0.29, 0.717) is 18.7 Å². The lowest BCUT2D eigenvalue weighted by molar-refractivity contribution is 0.327. The number of hydrogen-bond acceptors (Lipinski definition) is 5. The summed E-state index contributed by atoms with van der Waals surface area (Å²) in [6.45, 7) is 2.71. The van der Waals surface area contributed by atoms with Crippen molar-refractivity contribution in [3.05, 3.63) is 29.8 Å². The van der Waals surface area contributed by atoms with Crippen LogP contribution in [0, 0.1) is 28.6 Å². The maximum Gasteiger partial charge on any atom is 0.179 e. The number of benzene rings is 1. The largest absolute Gasteiger partial charge is 0.304 e. The SMILES string of the molecule is CC(C#N)CN(C)CCS(=O)(=O)c1ccc(C#N)cc1. The smallest absolute Gasteiger partial charge is 0.179 e. The molecule has 1 rings (SSSR count). The van der Waals surface area contributed by atoms with Gasteiger partial charge in [-0.05, 0) is 38.2 Å². The fourth-order valence-corrected chi connectivity index (χ4v) is 3.07. The lowest BCUT2D eigenvalue weighted by Crippen LogP contribution is -2.29. The van der Waals surface area contributed by atoms with Crippen LogP contribution in [0.25, 0.3) is 0 Å². The summed E-state index contributed by atoms with van der Waals surface area (Å²) in [6.07, 6.45) is 0. The molecule has 0 spiro atoms. The van der Waals surface area contributed by atoms with Crippen LogP contribution in [-0.2, 0) is 9.84 Å². The van der Waals surface area contributed by atoms with Gasteiger partial charge in [0.05, 0.1) is 34.3 Å². The van der Waals surface area contributed by atoms with Crippen molar-refractivity contribution in [3.63, 3.8) is 0 Å². The molecule has 5 nitrogen and oxygen atoms in total. The van der Waals surface area contributed by atoms with E-state index in [4.69, 9.17) is 10.5 Å². The van der Waals surface area contributed by atoms with Gasteiger partial charge in [-0.2, -0.15) is 10.5 Å². The van der Waals surface area contributed by atoms with E-state index in [1.807, 2.05) is 11.0 Å². The summed E-state index contributed by atoms with van der Waals surface area (Å²) in [7, 11) is -1.56. The van der Waals surface area contributed by atoms with E-state index >= 15 is 0 Å². The van der Waals surface area contributed by atoms with Crippen molar-refractivity contribution in [1.82, 2.24) is 4.90 Å². The highest BCUT2D eigenvalue weighted by Gasteiger charge is 2.16. The van der Waals surface area contributed by atoms with Crippen LogP contribution < -0.4 is 0 Å². The second kappa shape index (κ2) is 7.04. The summed E-state index contributed by atoms with van der Waals surface area (Å²) in [5.41, 5.74) is 0.434. The standard InChI is InChI=1S/C14H17N3O2S/c1-12(9-15)11-17(2)7-8-20(18,19)14-5-3-13(10-16)4-6-14/h3-6,12H,7-8,11H2,1-2H3. The van der Waals surface area contributed by atoms with Gasteiger partial charge in [-0.1, -0.05) is 0 Å². The fraction of sp³-hybridized carbons (Fsp3) is 0.429. The van der Waals surface area contributed by atoms with Crippen LogP contribution in [0.5, 0.6) is 0 Å². The first-order chi connectivity index (χ1) is 9.39. The molecule has 0 heterocycles.